The molecule has 26 heavy (non-hydrogen) atoms. The van der Waals surface area contributed by atoms with Crippen molar-refractivity contribution in [3.63, 3.8) is 0 Å². The first-order chi connectivity index (χ1) is 12.7. The Balaban J connectivity index is 1.66. The Bertz CT molecular complexity index is 725. The van der Waals surface area contributed by atoms with Crippen LogP contribution in [0.4, 0.5) is 5.00 Å². The van der Waals surface area contributed by atoms with Gasteiger partial charge in [-0.2, -0.15) is 0 Å². The average molecular weight is 375 g/mol. The number of benzene rings is 1. The van der Waals surface area contributed by atoms with E-state index in [1.54, 1.807) is 24.5 Å². The van der Waals surface area contributed by atoms with Crippen molar-refractivity contribution in [1.29, 1.82) is 0 Å². The first-order valence-corrected chi connectivity index (χ1v) is 9.77. The lowest BCUT2D eigenvalue weighted by atomic mass is 10.2. The van der Waals surface area contributed by atoms with E-state index in [4.69, 9.17) is 9.73 Å². The summed E-state index contributed by atoms with van der Waals surface area (Å²) in [6.45, 7) is 7.11. The number of hydrogen-bond donors (Lipinski definition) is 2. The minimum absolute atomic E-state index is 0.164. The molecule has 6 nitrogen and oxygen atoms in total. The highest BCUT2D eigenvalue weighted by Gasteiger charge is 2.20. The molecule has 0 saturated carbocycles. The van der Waals surface area contributed by atoms with Gasteiger partial charge in [-0.25, -0.2) is 4.99 Å². The highest BCUT2D eigenvalue weighted by molar-refractivity contribution is 7.14. The van der Waals surface area contributed by atoms with E-state index < -0.39 is 0 Å². The van der Waals surface area contributed by atoms with Crippen molar-refractivity contribution < 1.29 is 9.84 Å². The molecule has 1 aromatic carbocycles. The van der Waals surface area contributed by atoms with E-state index in [1.165, 1.54) is 5.00 Å². The van der Waals surface area contributed by atoms with Crippen LogP contribution in [0.15, 0.2) is 40.7 Å². The predicted molar refractivity (Wildman–Crippen MR) is 108 cm³/mol. The Kier molecular flexibility index (Phi) is 6.22. The monoisotopic (exact) mass is 374 g/mol. The van der Waals surface area contributed by atoms with E-state index in [9.17, 15) is 5.11 Å². The summed E-state index contributed by atoms with van der Waals surface area (Å²) >= 11 is 1.78. The summed E-state index contributed by atoms with van der Waals surface area (Å²) in [6, 6.07) is 9.76. The fraction of sp³-hybridized carbons (Fsp3) is 0.421. The molecule has 7 heteroatoms. The van der Waals surface area contributed by atoms with Gasteiger partial charge in [0.05, 0.1) is 18.7 Å². The molecule has 2 heterocycles. The molecule has 1 aliphatic rings. The molecule has 2 N–H and O–H groups in total. The van der Waals surface area contributed by atoms with E-state index in [-0.39, 0.29) is 5.75 Å². The number of anilines is 1. The molecular weight excluding hydrogens is 348 g/mol. The van der Waals surface area contributed by atoms with Crippen molar-refractivity contribution in [2.75, 3.05) is 44.7 Å². The highest BCUT2D eigenvalue weighted by atomic mass is 32.1. The number of piperazine rings is 1. The first-order valence-electron chi connectivity index (χ1n) is 8.89. The van der Waals surface area contributed by atoms with Crippen molar-refractivity contribution in [1.82, 2.24) is 10.2 Å². The minimum Gasteiger partial charge on any atom is -0.504 e. The number of hydrogen-bond acceptors (Lipinski definition) is 5. The van der Waals surface area contributed by atoms with Crippen LogP contribution in [0.2, 0.25) is 0 Å². The molecule has 1 aromatic heterocycles. The summed E-state index contributed by atoms with van der Waals surface area (Å²) in [5.41, 5.74) is 0.761. The maximum atomic E-state index is 10.2. The highest BCUT2D eigenvalue weighted by Crippen LogP contribution is 2.29. The van der Waals surface area contributed by atoms with Crippen LogP contribution in [0.25, 0.3) is 0 Å². The van der Waals surface area contributed by atoms with Crippen molar-refractivity contribution in [3.8, 4) is 11.5 Å². The molecule has 1 aliphatic heterocycles. The maximum absolute atomic E-state index is 10.2. The number of methoxy groups -OCH3 is 1. The van der Waals surface area contributed by atoms with Crippen LogP contribution in [0.5, 0.6) is 11.5 Å². The lowest BCUT2D eigenvalue weighted by molar-refractivity contribution is 0.368. The van der Waals surface area contributed by atoms with Crippen molar-refractivity contribution in [2.24, 2.45) is 4.99 Å². The first kappa shape index (κ1) is 18.4. The van der Waals surface area contributed by atoms with Crippen molar-refractivity contribution in [3.05, 3.63) is 41.3 Å². The molecular formula is C19H26N4O2S. The molecule has 0 bridgehead atoms. The Hall–Kier alpha value is -2.41. The summed E-state index contributed by atoms with van der Waals surface area (Å²) in [7, 11) is 1.55. The van der Waals surface area contributed by atoms with Gasteiger partial charge >= 0.3 is 0 Å². The summed E-state index contributed by atoms with van der Waals surface area (Å²) in [5, 5.41) is 17.1. The third-order valence-corrected chi connectivity index (χ3v) is 5.36. The third-order valence-electron chi connectivity index (χ3n) is 4.43. The molecule has 140 valence electrons. The van der Waals surface area contributed by atoms with Gasteiger partial charge in [-0.15, -0.1) is 11.3 Å². The number of para-hydroxylation sites is 1. The van der Waals surface area contributed by atoms with Crippen LogP contribution in [0.3, 0.4) is 0 Å². The second kappa shape index (κ2) is 8.80. The number of ether oxygens (including phenoxy) is 1. The number of phenolic OH excluding ortho intramolecular Hbond substituents is 1. The number of thiophene rings is 1. The smallest absolute Gasteiger partial charge is 0.194 e. The Morgan fingerprint density at radius 1 is 1.23 bits per heavy atom. The SMILES string of the molecule is CCNC(=NCc1cccc(OC)c1O)N1CCN(c2cccs2)CC1. The van der Waals surface area contributed by atoms with E-state index in [0.29, 0.717) is 12.3 Å². The van der Waals surface area contributed by atoms with Gasteiger partial charge in [0.25, 0.3) is 0 Å². The number of nitrogens with zero attached hydrogens (tertiary/aromatic N) is 3. The van der Waals surface area contributed by atoms with Gasteiger partial charge < -0.3 is 25.0 Å². The lowest BCUT2D eigenvalue weighted by Crippen LogP contribution is -2.52. The zero-order valence-corrected chi connectivity index (χ0v) is 16.1. The molecule has 0 amide bonds. The third kappa shape index (κ3) is 4.22. The average Bonchev–Trinajstić information content (AvgIpc) is 3.21. The van der Waals surface area contributed by atoms with Crippen LogP contribution in [0, 0.1) is 0 Å². The van der Waals surface area contributed by atoms with Gasteiger partial charge in [0.1, 0.15) is 0 Å². The Morgan fingerprint density at radius 2 is 2.04 bits per heavy atom. The second-order valence-corrected chi connectivity index (χ2v) is 6.99. The zero-order chi connectivity index (χ0) is 18.4. The van der Waals surface area contributed by atoms with Crippen LogP contribution in [-0.4, -0.2) is 55.8 Å². The Labute approximate surface area is 158 Å². The van der Waals surface area contributed by atoms with Gasteiger partial charge in [-0.3, -0.25) is 0 Å². The quantitative estimate of drug-likeness (QED) is 0.622. The molecule has 0 unspecified atom stereocenters. The topological polar surface area (TPSA) is 60.3 Å². The lowest BCUT2D eigenvalue weighted by Gasteiger charge is -2.37. The fourth-order valence-corrected chi connectivity index (χ4v) is 3.82. The van der Waals surface area contributed by atoms with E-state index in [1.807, 2.05) is 12.1 Å². The standard InChI is InChI=1S/C19H26N4O2S/c1-3-20-19(21-14-15-6-4-7-16(25-2)18(15)24)23-11-9-22(10-12-23)17-8-5-13-26-17/h4-8,13,24H,3,9-12,14H2,1-2H3,(H,20,21). The second-order valence-electron chi connectivity index (χ2n) is 6.06. The van der Waals surface area contributed by atoms with Gasteiger partial charge in [-0.1, -0.05) is 12.1 Å². The van der Waals surface area contributed by atoms with Gasteiger partial charge in [0, 0.05) is 38.3 Å². The van der Waals surface area contributed by atoms with E-state index in [0.717, 1.165) is 44.2 Å². The number of rotatable bonds is 5. The molecule has 1 fully saturated rings. The van der Waals surface area contributed by atoms with Crippen molar-refractivity contribution >= 4 is 22.3 Å². The Morgan fingerprint density at radius 3 is 2.69 bits per heavy atom. The predicted octanol–water partition coefficient (Wildman–Crippen LogP) is 2.75. The number of phenols is 1. The summed E-state index contributed by atoms with van der Waals surface area (Å²) < 4.78 is 5.17. The molecule has 0 atom stereocenters. The zero-order valence-electron chi connectivity index (χ0n) is 15.3. The summed E-state index contributed by atoms with van der Waals surface area (Å²) in [6.07, 6.45) is 0. The molecule has 0 radical (unpaired) electrons. The fourth-order valence-electron chi connectivity index (χ4n) is 3.03. The van der Waals surface area contributed by atoms with Gasteiger partial charge in [0.2, 0.25) is 0 Å². The number of aliphatic imine (C=N–C) groups is 1. The van der Waals surface area contributed by atoms with E-state index >= 15 is 0 Å². The minimum atomic E-state index is 0.164. The number of guanidine groups is 1. The molecule has 0 aliphatic carbocycles. The van der Waals surface area contributed by atoms with E-state index in [2.05, 4.69) is 39.6 Å². The normalized spacial score (nSPS) is 15.2. The van der Waals surface area contributed by atoms with Crippen molar-refractivity contribution in [2.45, 2.75) is 13.5 Å². The van der Waals surface area contributed by atoms with Crippen LogP contribution in [-0.2, 0) is 6.54 Å². The van der Waals surface area contributed by atoms with Gasteiger partial charge in [-0.05, 0) is 30.5 Å². The number of nitrogens with one attached hydrogen (secondary N) is 1. The molecule has 0 spiro atoms. The molecule has 1 saturated heterocycles. The largest absolute Gasteiger partial charge is 0.504 e. The van der Waals surface area contributed by atoms with Crippen LogP contribution < -0.4 is 15.0 Å². The molecule has 3 rings (SSSR count). The number of aromatic hydroxyl groups is 1. The summed E-state index contributed by atoms with van der Waals surface area (Å²) in [4.78, 5) is 9.43. The molecule has 2 aromatic rings. The van der Waals surface area contributed by atoms with Gasteiger partial charge in [0.15, 0.2) is 17.5 Å². The van der Waals surface area contributed by atoms with Crippen LogP contribution in [0.1, 0.15) is 12.5 Å². The van der Waals surface area contributed by atoms with Crippen LogP contribution >= 0.6 is 11.3 Å². The summed E-state index contributed by atoms with van der Waals surface area (Å²) in [5.74, 6) is 1.53. The maximum Gasteiger partial charge on any atom is 0.194 e.